The molecule has 3 aromatic rings. The number of carbonyl (C=O) groups excluding carboxylic acids is 1. The standard InChI is InChI=1S/C17H16N4O3S/c1-25(23,24)16-6-5-15(10-19-16)20-17(22)14-4-2-3-13(9-14)11-21-8-7-18-12-21/h2-10,12H,11H2,1H3,(H,20,22). The summed E-state index contributed by atoms with van der Waals surface area (Å²) in [6, 6.07) is 10.1. The maximum Gasteiger partial charge on any atom is 0.255 e. The minimum atomic E-state index is -3.36. The van der Waals surface area contributed by atoms with E-state index in [4.69, 9.17) is 0 Å². The molecule has 1 aromatic carbocycles. The molecule has 0 aliphatic rings. The van der Waals surface area contributed by atoms with Gasteiger partial charge in [-0.2, -0.15) is 0 Å². The molecular weight excluding hydrogens is 340 g/mol. The number of amides is 1. The van der Waals surface area contributed by atoms with Gasteiger partial charge in [0.05, 0.1) is 18.2 Å². The zero-order valence-electron chi connectivity index (χ0n) is 13.5. The van der Waals surface area contributed by atoms with Gasteiger partial charge in [-0.3, -0.25) is 4.79 Å². The van der Waals surface area contributed by atoms with Crippen LogP contribution in [0.15, 0.2) is 66.3 Å². The summed E-state index contributed by atoms with van der Waals surface area (Å²) >= 11 is 0. The van der Waals surface area contributed by atoms with Gasteiger partial charge in [-0.25, -0.2) is 18.4 Å². The second-order valence-electron chi connectivity index (χ2n) is 5.55. The third kappa shape index (κ3) is 4.30. The van der Waals surface area contributed by atoms with Crippen LogP contribution in [0.4, 0.5) is 5.69 Å². The molecule has 0 aliphatic heterocycles. The van der Waals surface area contributed by atoms with E-state index in [1.807, 2.05) is 22.9 Å². The Morgan fingerprint density at radius 2 is 2.08 bits per heavy atom. The molecule has 0 spiro atoms. The summed E-state index contributed by atoms with van der Waals surface area (Å²) in [7, 11) is -3.36. The van der Waals surface area contributed by atoms with E-state index in [9.17, 15) is 13.2 Å². The molecule has 25 heavy (non-hydrogen) atoms. The number of pyridine rings is 1. The highest BCUT2D eigenvalue weighted by molar-refractivity contribution is 7.90. The molecule has 1 amide bonds. The fraction of sp³-hybridized carbons (Fsp3) is 0.118. The Kier molecular flexibility index (Phi) is 4.62. The van der Waals surface area contributed by atoms with E-state index in [-0.39, 0.29) is 10.9 Å². The molecule has 2 aromatic heterocycles. The number of imidazole rings is 1. The number of hydrogen-bond acceptors (Lipinski definition) is 5. The third-order valence-electron chi connectivity index (χ3n) is 3.49. The molecule has 0 fully saturated rings. The average Bonchev–Trinajstić information content (AvgIpc) is 3.08. The molecule has 0 saturated carbocycles. The third-order valence-corrected chi connectivity index (χ3v) is 4.49. The summed E-state index contributed by atoms with van der Waals surface area (Å²) in [4.78, 5) is 20.2. The van der Waals surface area contributed by atoms with Crippen LogP contribution >= 0.6 is 0 Å². The van der Waals surface area contributed by atoms with Gasteiger partial charge in [0.1, 0.15) is 0 Å². The number of nitrogens with zero attached hydrogens (tertiary/aromatic N) is 3. The van der Waals surface area contributed by atoms with Crippen LogP contribution in [0.1, 0.15) is 15.9 Å². The van der Waals surface area contributed by atoms with Gasteiger partial charge < -0.3 is 9.88 Å². The summed E-state index contributed by atoms with van der Waals surface area (Å²) in [5, 5.41) is 2.67. The smallest absolute Gasteiger partial charge is 0.255 e. The van der Waals surface area contributed by atoms with Crippen LogP contribution in [0, 0.1) is 0 Å². The molecule has 0 bridgehead atoms. The van der Waals surface area contributed by atoms with Crippen LogP contribution in [-0.4, -0.2) is 35.1 Å². The van der Waals surface area contributed by atoms with Gasteiger partial charge in [0.2, 0.25) is 0 Å². The van der Waals surface area contributed by atoms with Crippen molar-refractivity contribution in [2.75, 3.05) is 11.6 Å². The summed E-state index contributed by atoms with van der Waals surface area (Å²) in [5.74, 6) is -0.290. The van der Waals surface area contributed by atoms with Gasteiger partial charge in [-0.05, 0) is 29.8 Å². The Bertz CT molecular complexity index is 981. The van der Waals surface area contributed by atoms with E-state index < -0.39 is 9.84 Å². The molecule has 0 atom stereocenters. The fourth-order valence-electron chi connectivity index (χ4n) is 2.28. The Balaban J connectivity index is 1.73. The van der Waals surface area contributed by atoms with Crippen LogP contribution in [0.25, 0.3) is 0 Å². The molecule has 0 unspecified atom stereocenters. The number of benzene rings is 1. The average molecular weight is 356 g/mol. The van der Waals surface area contributed by atoms with E-state index >= 15 is 0 Å². The van der Waals surface area contributed by atoms with E-state index in [0.717, 1.165) is 11.8 Å². The Morgan fingerprint density at radius 1 is 1.24 bits per heavy atom. The van der Waals surface area contributed by atoms with Crippen molar-refractivity contribution in [3.05, 3.63) is 72.4 Å². The highest BCUT2D eigenvalue weighted by Gasteiger charge is 2.10. The predicted octanol–water partition coefficient (Wildman–Crippen LogP) is 1.98. The molecule has 1 N–H and O–H groups in total. The SMILES string of the molecule is CS(=O)(=O)c1ccc(NC(=O)c2cccc(Cn3ccnc3)c2)cn1. The number of rotatable bonds is 5. The lowest BCUT2D eigenvalue weighted by Crippen LogP contribution is -2.13. The molecule has 7 nitrogen and oxygen atoms in total. The first-order valence-corrected chi connectivity index (χ1v) is 9.33. The van der Waals surface area contributed by atoms with Crippen LogP contribution in [0.5, 0.6) is 0 Å². The van der Waals surface area contributed by atoms with E-state index in [1.54, 1.807) is 24.7 Å². The molecule has 8 heteroatoms. The first-order chi connectivity index (χ1) is 11.9. The topological polar surface area (TPSA) is 94.0 Å². The minimum Gasteiger partial charge on any atom is -0.333 e. The fourth-order valence-corrected chi connectivity index (χ4v) is 2.84. The molecular formula is C17H16N4O3S. The monoisotopic (exact) mass is 356 g/mol. The van der Waals surface area contributed by atoms with Gasteiger partial charge in [0.25, 0.3) is 5.91 Å². The van der Waals surface area contributed by atoms with Crippen molar-refractivity contribution >= 4 is 21.4 Å². The van der Waals surface area contributed by atoms with Crippen molar-refractivity contribution in [2.24, 2.45) is 0 Å². The Morgan fingerprint density at radius 3 is 2.72 bits per heavy atom. The predicted molar refractivity (Wildman–Crippen MR) is 93.1 cm³/mol. The number of anilines is 1. The molecule has 0 radical (unpaired) electrons. The molecule has 3 rings (SSSR count). The Labute approximate surface area is 145 Å². The largest absolute Gasteiger partial charge is 0.333 e. The number of aromatic nitrogens is 3. The van der Waals surface area contributed by atoms with Gasteiger partial charge in [-0.1, -0.05) is 12.1 Å². The zero-order valence-corrected chi connectivity index (χ0v) is 14.3. The van der Waals surface area contributed by atoms with Gasteiger partial charge in [0.15, 0.2) is 14.9 Å². The first kappa shape index (κ1) is 16.8. The van der Waals surface area contributed by atoms with Crippen molar-refractivity contribution in [3.8, 4) is 0 Å². The van der Waals surface area contributed by atoms with Crippen LogP contribution in [0.3, 0.4) is 0 Å². The summed E-state index contributed by atoms with van der Waals surface area (Å²) < 4.78 is 24.7. The van der Waals surface area contributed by atoms with Crippen molar-refractivity contribution in [3.63, 3.8) is 0 Å². The van der Waals surface area contributed by atoms with Gasteiger partial charge in [-0.15, -0.1) is 0 Å². The molecule has 0 saturated heterocycles. The van der Waals surface area contributed by atoms with Crippen LogP contribution in [-0.2, 0) is 16.4 Å². The normalized spacial score (nSPS) is 11.2. The van der Waals surface area contributed by atoms with Gasteiger partial charge in [0, 0.05) is 30.8 Å². The molecule has 0 aliphatic carbocycles. The highest BCUT2D eigenvalue weighted by Crippen LogP contribution is 2.13. The molecule has 128 valence electrons. The Hall–Kier alpha value is -3.00. The maximum absolute atomic E-state index is 12.4. The van der Waals surface area contributed by atoms with Crippen molar-refractivity contribution < 1.29 is 13.2 Å². The summed E-state index contributed by atoms with van der Waals surface area (Å²) in [5.41, 5.74) is 1.90. The number of sulfone groups is 1. The van der Waals surface area contributed by atoms with Crippen LogP contribution < -0.4 is 5.32 Å². The second kappa shape index (κ2) is 6.86. The lowest BCUT2D eigenvalue weighted by molar-refractivity contribution is 0.102. The molecule has 2 heterocycles. The number of hydrogen-bond donors (Lipinski definition) is 1. The first-order valence-electron chi connectivity index (χ1n) is 7.44. The van der Waals surface area contributed by atoms with E-state index in [1.165, 1.54) is 18.3 Å². The lowest BCUT2D eigenvalue weighted by atomic mass is 10.1. The lowest BCUT2D eigenvalue weighted by Gasteiger charge is -2.08. The zero-order chi connectivity index (χ0) is 17.9. The number of carbonyl (C=O) groups is 1. The summed E-state index contributed by atoms with van der Waals surface area (Å²) in [6.07, 6.45) is 7.66. The van der Waals surface area contributed by atoms with E-state index in [2.05, 4.69) is 15.3 Å². The minimum absolute atomic E-state index is 0.0344. The van der Waals surface area contributed by atoms with E-state index in [0.29, 0.717) is 17.8 Å². The van der Waals surface area contributed by atoms with Crippen LogP contribution in [0.2, 0.25) is 0 Å². The van der Waals surface area contributed by atoms with Crippen molar-refractivity contribution in [1.82, 2.24) is 14.5 Å². The second-order valence-corrected chi connectivity index (χ2v) is 7.51. The summed E-state index contributed by atoms with van der Waals surface area (Å²) in [6.45, 7) is 0.617. The highest BCUT2D eigenvalue weighted by atomic mass is 32.2. The van der Waals surface area contributed by atoms with Gasteiger partial charge >= 0.3 is 0 Å². The maximum atomic E-state index is 12.4. The van der Waals surface area contributed by atoms with Crippen molar-refractivity contribution in [2.45, 2.75) is 11.6 Å². The quantitative estimate of drug-likeness (QED) is 0.754. The van der Waals surface area contributed by atoms with Crippen molar-refractivity contribution in [1.29, 1.82) is 0 Å². The number of nitrogens with one attached hydrogen (secondary N) is 1.